The number of rotatable bonds is 15. The largest absolute Gasteiger partial charge is 0.489 e. The lowest BCUT2D eigenvalue weighted by Gasteiger charge is -2.42. The number of unbranched alkanes of at least 4 members (excludes halogenated alkanes) is 6. The first kappa shape index (κ1) is 36.7. The van der Waals surface area contributed by atoms with Gasteiger partial charge in [0.25, 0.3) is 0 Å². The molecule has 1 spiro atoms. The van der Waals surface area contributed by atoms with E-state index in [-0.39, 0.29) is 23.4 Å². The van der Waals surface area contributed by atoms with Crippen LogP contribution in [0.25, 0.3) is 11.1 Å². The van der Waals surface area contributed by atoms with Crippen molar-refractivity contribution in [1.82, 2.24) is 0 Å². The van der Waals surface area contributed by atoms with E-state index in [1.165, 1.54) is 121 Å². The molecule has 2 aromatic carbocycles. The molecule has 0 N–H and O–H groups in total. The minimum atomic E-state index is -0.279. The maximum Gasteiger partial charge on any atom is 0.489 e. The van der Waals surface area contributed by atoms with Crippen LogP contribution in [0.4, 0.5) is 0 Å². The van der Waals surface area contributed by atoms with Gasteiger partial charge in [-0.3, -0.25) is 0 Å². The molecule has 1 heterocycles. The molecule has 4 atom stereocenters. The van der Waals surface area contributed by atoms with Gasteiger partial charge in [-0.1, -0.05) is 160 Å². The summed E-state index contributed by atoms with van der Waals surface area (Å²) in [4.78, 5) is 0. The average Bonchev–Trinajstić information content (AvgIpc) is 3.87. The Bertz CT molecular complexity index is 1740. The highest BCUT2D eigenvalue weighted by molar-refractivity contribution is 6.54. The lowest BCUT2D eigenvalue weighted by Crippen LogP contribution is -2.34. The van der Waals surface area contributed by atoms with Crippen molar-refractivity contribution >= 4 is 18.3 Å². The second kappa shape index (κ2) is 15.0. The summed E-state index contributed by atoms with van der Waals surface area (Å²) in [5.41, 5.74) is 16.6. The van der Waals surface area contributed by atoms with Crippen molar-refractivity contribution in [3.05, 3.63) is 105 Å². The maximum absolute atomic E-state index is 6.19. The summed E-state index contributed by atoms with van der Waals surface area (Å²) in [5, 5.41) is 0. The van der Waals surface area contributed by atoms with Crippen LogP contribution in [0.1, 0.15) is 171 Å². The SMILES string of the molecule is CCCCCCC(C)(CC)c1ccc2c(c1)C1(C3=C(CCC(B4OCCO4)=C3)c3ccc(C)cc31)C1=C2C=CC(C(C)(CC)CCCCCC)C1. The monoisotopic (exact) mass is 685 g/mol. The van der Waals surface area contributed by atoms with Crippen LogP contribution in [0.2, 0.25) is 0 Å². The quantitative estimate of drug-likeness (QED) is 0.137. The molecule has 3 heteroatoms. The van der Waals surface area contributed by atoms with Gasteiger partial charge in [0.15, 0.2) is 0 Å². The van der Waals surface area contributed by atoms with Gasteiger partial charge in [0.05, 0.1) is 18.6 Å². The summed E-state index contributed by atoms with van der Waals surface area (Å²) in [6.45, 7) is 18.3. The van der Waals surface area contributed by atoms with Gasteiger partial charge in [0.2, 0.25) is 0 Å². The van der Waals surface area contributed by atoms with Crippen molar-refractivity contribution < 1.29 is 9.31 Å². The minimum absolute atomic E-state index is 0.162. The van der Waals surface area contributed by atoms with Gasteiger partial charge in [0.1, 0.15) is 0 Å². The summed E-state index contributed by atoms with van der Waals surface area (Å²) in [6, 6.07) is 15.1. The molecule has 0 radical (unpaired) electrons. The van der Waals surface area contributed by atoms with Gasteiger partial charge in [-0.15, -0.1) is 0 Å². The van der Waals surface area contributed by atoms with Gasteiger partial charge in [-0.25, -0.2) is 0 Å². The number of hydrogen-bond acceptors (Lipinski definition) is 2. The fourth-order valence-corrected chi connectivity index (χ4v) is 10.6. The molecular weight excluding hydrogens is 619 g/mol. The van der Waals surface area contributed by atoms with Crippen molar-refractivity contribution in [3.63, 3.8) is 0 Å². The Labute approximate surface area is 311 Å². The topological polar surface area (TPSA) is 18.5 Å². The fourth-order valence-electron chi connectivity index (χ4n) is 10.6. The summed E-state index contributed by atoms with van der Waals surface area (Å²) >= 11 is 0. The third kappa shape index (κ3) is 6.31. The van der Waals surface area contributed by atoms with Crippen LogP contribution in [-0.2, 0) is 20.1 Å². The molecule has 1 saturated heterocycles. The molecule has 4 aliphatic carbocycles. The first-order valence-electron chi connectivity index (χ1n) is 21.1. The molecule has 4 unspecified atom stereocenters. The highest BCUT2D eigenvalue weighted by atomic mass is 16.6. The summed E-state index contributed by atoms with van der Waals surface area (Å²) in [5.74, 6) is 0.527. The molecule has 0 saturated carbocycles. The van der Waals surface area contributed by atoms with E-state index in [2.05, 4.69) is 103 Å². The molecule has 2 aromatic rings. The Morgan fingerprint density at radius 1 is 0.784 bits per heavy atom. The smallest absolute Gasteiger partial charge is 0.405 e. The van der Waals surface area contributed by atoms with Gasteiger partial charge in [-0.05, 0) is 118 Å². The second-order valence-corrected chi connectivity index (χ2v) is 17.3. The molecule has 1 aliphatic heterocycles. The van der Waals surface area contributed by atoms with Crippen LogP contribution in [0.3, 0.4) is 0 Å². The van der Waals surface area contributed by atoms with Crippen molar-refractivity contribution in [1.29, 1.82) is 0 Å². The maximum atomic E-state index is 6.19. The Morgan fingerprint density at radius 2 is 1.49 bits per heavy atom. The fraction of sp³-hybridized carbons (Fsp3) is 0.583. The van der Waals surface area contributed by atoms with Crippen molar-refractivity contribution in [2.75, 3.05) is 13.2 Å². The molecular formula is C48H65BO2. The van der Waals surface area contributed by atoms with E-state index in [0.29, 0.717) is 19.1 Å². The van der Waals surface area contributed by atoms with Crippen molar-refractivity contribution in [3.8, 4) is 0 Å². The summed E-state index contributed by atoms with van der Waals surface area (Å²) in [6.07, 6.45) is 26.5. The molecule has 5 aliphatic rings. The Morgan fingerprint density at radius 3 is 2.20 bits per heavy atom. The highest BCUT2D eigenvalue weighted by Crippen LogP contribution is 2.66. The van der Waals surface area contributed by atoms with E-state index in [1.54, 1.807) is 11.1 Å². The van der Waals surface area contributed by atoms with Crippen LogP contribution in [-0.4, -0.2) is 20.3 Å². The predicted octanol–water partition coefficient (Wildman–Crippen LogP) is 13.2. The molecule has 7 rings (SSSR count). The zero-order chi connectivity index (χ0) is 35.8. The average molecular weight is 685 g/mol. The number of allylic oxidation sites excluding steroid dienone is 8. The minimum Gasteiger partial charge on any atom is -0.405 e. The third-order valence-electron chi connectivity index (χ3n) is 14.3. The standard InChI is InChI=1S/C48H65BO2/c1-8-12-14-16-26-46(6,10-3)35-19-23-39-40-24-20-36(47(7,11-4)27-17-15-13-9-2)32-44(40)48(43(39)31-35)42-30-34(5)18-22-38(42)41-25-21-37(33-45(41)48)49-50-28-29-51-49/h18-20,22-24,30-31,33,36H,8-17,21,25-29,32H2,1-7H3. The Hall–Kier alpha value is -2.62. The summed E-state index contributed by atoms with van der Waals surface area (Å²) < 4.78 is 12.4. The number of fused-ring (bicyclic) bond motifs is 8. The third-order valence-corrected chi connectivity index (χ3v) is 14.3. The first-order chi connectivity index (χ1) is 24.7. The number of aryl methyl sites for hydroxylation is 1. The highest BCUT2D eigenvalue weighted by Gasteiger charge is 2.56. The molecule has 0 amide bonds. The van der Waals surface area contributed by atoms with Crippen LogP contribution in [0.15, 0.2) is 71.2 Å². The Balaban J connectivity index is 1.41. The van der Waals surface area contributed by atoms with Crippen molar-refractivity contribution in [2.45, 2.75) is 156 Å². The van der Waals surface area contributed by atoms with E-state index in [4.69, 9.17) is 9.31 Å². The lowest BCUT2D eigenvalue weighted by atomic mass is 9.60. The zero-order valence-electron chi connectivity index (χ0n) is 33.2. The van der Waals surface area contributed by atoms with Gasteiger partial charge in [-0.2, -0.15) is 0 Å². The normalized spacial score (nSPS) is 24.4. The van der Waals surface area contributed by atoms with Crippen molar-refractivity contribution in [2.24, 2.45) is 11.3 Å². The number of benzene rings is 2. The van der Waals surface area contributed by atoms with Gasteiger partial charge < -0.3 is 9.31 Å². The predicted molar refractivity (Wildman–Crippen MR) is 218 cm³/mol. The van der Waals surface area contributed by atoms with Crippen LogP contribution in [0, 0.1) is 18.3 Å². The molecule has 51 heavy (non-hydrogen) atoms. The van der Waals surface area contributed by atoms with Gasteiger partial charge in [0, 0.05) is 0 Å². The Kier molecular flexibility index (Phi) is 10.8. The van der Waals surface area contributed by atoms with E-state index < -0.39 is 0 Å². The van der Waals surface area contributed by atoms with Crippen LogP contribution in [0.5, 0.6) is 0 Å². The lowest BCUT2D eigenvalue weighted by molar-refractivity contribution is 0.187. The first-order valence-corrected chi connectivity index (χ1v) is 21.1. The number of hydrogen-bond donors (Lipinski definition) is 0. The molecule has 0 aromatic heterocycles. The second-order valence-electron chi connectivity index (χ2n) is 17.3. The molecule has 2 nitrogen and oxygen atoms in total. The zero-order valence-corrected chi connectivity index (χ0v) is 33.2. The van der Waals surface area contributed by atoms with E-state index in [1.807, 2.05) is 0 Å². The van der Waals surface area contributed by atoms with Crippen LogP contribution < -0.4 is 0 Å². The van der Waals surface area contributed by atoms with Gasteiger partial charge >= 0.3 is 7.12 Å². The molecule has 272 valence electrons. The molecule has 1 fully saturated rings. The van der Waals surface area contributed by atoms with E-state index in [0.717, 1.165) is 25.7 Å². The van der Waals surface area contributed by atoms with E-state index in [9.17, 15) is 0 Å². The van der Waals surface area contributed by atoms with Crippen LogP contribution >= 0.6 is 0 Å². The molecule has 0 bridgehead atoms. The summed E-state index contributed by atoms with van der Waals surface area (Å²) in [7, 11) is -0.209. The van der Waals surface area contributed by atoms with E-state index >= 15 is 0 Å².